The Labute approximate surface area is 145 Å². The lowest BCUT2D eigenvalue weighted by atomic mass is 10.1. The minimum Gasteiger partial charge on any atom is -0.444 e. The van der Waals surface area contributed by atoms with Gasteiger partial charge in [-0.3, -0.25) is 4.79 Å². The number of nitrogens with zero attached hydrogens (tertiary/aromatic N) is 1. The monoisotopic (exact) mass is 363 g/mol. The van der Waals surface area contributed by atoms with Crippen molar-refractivity contribution in [1.29, 1.82) is 0 Å². The molecule has 3 heterocycles. The molecule has 0 bridgehead atoms. The van der Waals surface area contributed by atoms with Crippen LogP contribution in [0, 0.1) is 0 Å². The van der Waals surface area contributed by atoms with Gasteiger partial charge in [0.05, 0.1) is 17.0 Å². The van der Waals surface area contributed by atoms with Crippen LogP contribution in [0.1, 0.15) is 18.5 Å². The topological polar surface area (TPSA) is 67.2 Å². The maximum absolute atomic E-state index is 12.0. The maximum Gasteiger partial charge on any atom is 0.236 e. The Kier molecular flexibility index (Phi) is 7.89. The van der Waals surface area contributed by atoms with Gasteiger partial charge in [-0.15, -0.1) is 36.2 Å². The van der Waals surface area contributed by atoms with Crippen molar-refractivity contribution in [3.05, 3.63) is 29.5 Å². The summed E-state index contributed by atoms with van der Waals surface area (Å²) in [5, 5.41) is 8.28. The number of halogens is 2. The van der Waals surface area contributed by atoms with Gasteiger partial charge in [0, 0.05) is 12.6 Å². The molecule has 0 aromatic carbocycles. The number of rotatable bonds is 4. The molecule has 0 aliphatic carbocycles. The van der Waals surface area contributed by atoms with E-state index in [0.29, 0.717) is 11.6 Å². The van der Waals surface area contributed by atoms with Gasteiger partial charge in [-0.25, -0.2) is 4.98 Å². The van der Waals surface area contributed by atoms with Crippen LogP contribution in [-0.4, -0.2) is 30.0 Å². The van der Waals surface area contributed by atoms with Gasteiger partial charge in [-0.05, 0) is 30.8 Å². The Morgan fingerprint density at radius 3 is 3.05 bits per heavy atom. The van der Waals surface area contributed by atoms with Crippen LogP contribution in [0.25, 0.3) is 10.8 Å². The van der Waals surface area contributed by atoms with Crippen molar-refractivity contribution in [2.24, 2.45) is 0 Å². The average Bonchev–Trinajstić information content (AvgIpc) is 3.10. The standard InChI is InChI=1S/C14H17N3O2S.2ClH/c18-13(16-10-3-1-5-15-8-10)7-11-9-19-14(17-11)12-4-2-6-20-12;;/h2,4,6,9-10,15H,1,3,5,7-8H2,(H,16,18);2*1H/t10-;;/m0../s1. The van der Waals surface area contributed by atoms with Gasteiger partial charge in [-0.2, -0.15) is 0 Å². The van der Waals surface area contributed by atoms with E-state index in [9.17, 15) is 4.79 Å². The third-order valence-electron chi connectivity index (χ3n) is 3.29. The van der Waals surface area contributed by atoms with E-state index >= 15 is 0 Å². The molecule has 2 aromatic rings. The molecule has 1 saturated heterocycles. The molecule has 1 amide bonds. The van der Waals surface area contributed by atoms with E-state index in [1.165, 1.54) is 0 Å². The molecule has 5 nitrogen and oxygen atoms in total. The minimum absolute atomic E-state index is 0. The molecule has 1 atom stereocenters. The summed E-state index contributed by atoms with van der Waals surface area (Å²) in [5.41, 5.74) is 0.676. The first kappa shape index (κ1) is 19.0. The Balaban J connectivity index is 0.00000121. The normalized spacial score (nSPS) is 17.2. The lowest BCUT2D eigenvalue weighted by Crippen LogP contribution is -2.46. The van der Waals surface area contributed by atoms with Crippen LogP contribution in [0.15, 0.2) is 28.2 Å². The van der Waals surface area contributed by atoms with E-state index in [1.54, 1.807) is 17.6 Å². The van der Waals surface area contributed by atoms with Crippen LogP contribution in [0.2, 0.25) is 0 Å². The molecule has 8 heteroatoms. The van der Waals surface area contributed by atoms with Crippen LogP contribution in [0.3, 0.4) is 0 Å². The Bertz CT molecular complexity index is 568. The number of carbonyl (C=O) groups is 1. The highest BCUT2D eigenvalue weighted by Crippen LogP contribution is 2.23. The van der Waals surface area contributed by atoms with Crippen LogP contribution >= 0.6 is 36.2 Å². The fraction of sp³-hybridized carbons (Fsp3) is 0.429. The summed E-state index contributed by atoms with van der Waals surface area (Å²) in [5.74, 6) is 0.590. The quantitative estimate of drug-likeness (QED) is 0.875. The molecule has 0 radical (unpaired) electrons. The molecule has 3 rings (SSSR count). The Morgan fingerprint density at radius 1 is 1.50 bits per heavy atom. The van der Waals surface area contributed by atoms with E-state index in [-0.39, 0.29) is 43.2 Å². The molecule has 2 N–H and O–H groups in total. The highest BCUT2D eigenvalue weighted by Gasteiger charge is 2.17. The SMILES string of the molecule is Cl.Cl.O=C(Cc1coc(-c2cccs2)n1)N[C@H]1CCCNC1. The van der Waals surface area contributed by atoms with Crippen LogP contribution in [0.5, 0.6) is 0 Å². The van der Waals surface area contributed by atoms with Gasteiger partial charge in [0.25, 0.3) is 0 Å². The van der Waals surface area contributed by atoms with E-state index in [2.05, 4.69) is 15.6 Å². The van der Waals surface area contributed by atoms with Crippen molar-refractivity contribution in [3.63, 3.8) is 0 Å². The van der Waals surface area contributed by atoms with Gasteiger partial charge in [-0.1, -0.05) is 6.07 Å². The summed E-state index contributed by atoms with van der Waals surface area (Å²) in [4.78, 5) is 17.3. The zero-order valence-electron chi connectivity index (χ0n) is 11.9. The predicted octanol–water partition coefficient (Wildman–Crippen LogP) is 2.66. The molecule has 0 saturated carbocycles. The predicted molar refractivity (Wildman–Crippen MR) is 92.1 cm³/mol. The highest BCUT2D eigenvalue weighted by atomic mass is 35.5. The number of piperidine rings is 1. The van der Waals surface area contributed by atoms with E-state index in [4.69, 9.17) is 4.42 Å². The van der Waals surface area contributed by atoms with Gasteiger partial charge >= 0.3 is 0 Å². The van der Waals surface area contributed by atoms with E-state index < -0.39 is 0 Å². The fourth-order valence-corrected chi connectivity index (χ4v) is 2.98. The molecule has 22 heavy (non-hydrogen) atoms. The minimum atomic E-state index is 0. The zero-order valence-corrected chi connectivity index (χ0v) is 14.4. The molecule has 0 spiro atoms. The van der Waals surface area contributed by atoms with Crippen LogP contribution in [0.4, 0.5) is 0 Å². The molecule has 1 aliphatic heterocycles. The summed E-state index contributed by atoms with van der Waals surface area (Å²) in [6.45, 7) is 1.89. The summed E-state index contributed by atoms with van der Waals surface area (Å²) in [7, 11) is 0. The lowest BCUT2D eigenvalue weighted by molar-refractivity contribution is -0.121. The fourth-order valence-electron chi connectivity index (χ4n) is 2.32. The summed E-state index contributed by atoms with van der Waals surface area (Å²) in [6, 6.07) is 4.14. The molecule has 1 fully saturated rings. The first-order valence-electron chi connectivity index (χ1n) is 6.79. The summed E-state index contributed by atoms with van der Waals surface area (Å²) >= 11 is 1.57. The Hall–Kier alpha value is -1.08. The van der Waals surface area contributed by atoms with E-state index in [1.807, 2.05) is 17.5 Å². The lowest BCUT2D eigenvalue weighted by Gasteiger charge is -2.23. The number of hydrogen-bond donors (Lipinski definition) is 2. The number of thiophene rings is 1. The first-order chi connectivity index (χ1) is 9.81. The van der Waals surface area contributed by atoms with Crippen LogP contribution < -0.4 is 10.6 Å². The molecule has 0 unspecified atom stereocenters. The average molecular weight is 364 g/mol. The smallest absolute Gasteiger partial charge is 0.236 e. The van der Waals surface area contributed by atoms with Crippen molar-refractivity contribution >= 4 is 42.1 Å². The number of hydrogen-bond acceptors (Lipinski definition) is 5. The van der Waals surface area contributed by atoms with Crippen molar-refractivity contribution in [2.45, 2.75) is 25.3 Å². The first-order valence-corrected chi connectivity index (χ1v) is 7.67. The second-order valence-electron chi connectivity index (χ2n) is 4.91. The molecule has 2 aromatic heterocycles. The van der Waals surface area contributed by atoms with Crippen molar-refractivity contribution in [3.8, 4) is 10.8 Å². The van der Waals surface area contributed by atoms with Crippen LogP contribution in [-0.2, 0) is 11.2 Å². The molecule has 122 valence electrons. The molecule has 1 aliphatic rings. The highest BCUT2D eigenvalue weighted by molar-refractivity contribution is 7.13. The van der Waals surface area contributed by atoms with Crippen molar-refractivity contribution in [1.82, 2.24) is 15.6 Å². The summed E-state index contributed by atoms with van der Waals surface area (Å²) in [6.07, 6.45) is 3.98. The number of amides is 1. The number of aromatic nitrogens is 1. The van der Waals surface area contributed by atoms with E-state index in [0.717, 1.165) is 30.8 Å². The second-order valence-corrected chi connectivity index (χ2v) is 5.86. The number of nitrogens with one attached hydrogen (secondary N) is 2. The largest absolute Gasteiger partial charge is 0.444 e. The number of oxazole rings is 1. The van der Waals surface area contributed by atoms with Gasteiger partial charge in [0.15, 0.2) is 0 Å². The van der Waals surface area contributed by atoms with Gasteiger partial charge < -0.3 is 15.1 Å². The van der Waals surface area contributed by atoms with Crippen molar-refractivity contribution in [2.75, 3.05) is 13.1 Å². The summed E-state index contributed by atoms with van der Waals surface area (Å²) < 4.78 is 5.41. The van der Waals surface area contributed by atoms with Gasteiger partial charge in [0.1, 0.15) is 6.26 Å². The van der Waals surface area contributed by atoms with Crippen molar-refractivity contribution < 1.29 is 9.21 Å². The molecular weight excluding hydrogens is 345 g/mol. The Morgan fingerprint density at radius 2 is 2.36 bits per heavy atom. The zero-order chi connectivity index (χ0) is 13.8. The third-order valence-corrected chi connectivity index (χ3v) is 4.15. The second kappa shape index (κ2) is 9.15. The number of carbonyl (C=O) groups excluding carboxylic acids is 1. The molecular formula is C14H19Cl2N3O2S. The third kappa shape index (κ3) is 4.98. The maximum atomic E-state index is 12.0. The van der Waals surface area contributed by atoms with Gasteiger partial charge in [0.2, 0.25) is 11.8 Å².